The Morgan fingerprint density at radius 1 is 1.33 bits per heavy atom. The third-order valence-corrected chi connectivity index (χ3v) is 6.50. The van der Waals surface area contributed by atoms with Gasteiger partial charge in [0.2, 0.25) is 0 Å². The molecule has 0 spiro atoms. The monoisotopic (exact) mass is 419 g/mol. The molecule has 0 bridgehead atoms. The second-order valence-electron chi connectivity index (χ2n) is 8.60. The number of nitrogen functional groups attached to an aromatic ring is 1. The van der Waals surface area contributed by atoms with E-state index in [1.54, 1.807) is 13.8 Å². The summed E-state index contributed by atoms with van der Waals surface area (Å²) in [5, 5.41) is 11.5. The topological polar surface area (TPSA) is 122 Å². The largest absolute Gasteiger partial charge is 0.465 e. The van der Waals surface area contributed by atoms with Crippen molar-refractivity contribution >= 4 is 17.3 Å². The van der Waals surface area contributed by atoms with Gasteiger partial charge in [0.15, 0.2) is 5.82 Å². The Bertz CT molecular complexity index is 1150. The Labute approximate surface area is 171 Å². The highest BCUT2D eigenvalue weighted by atomic mass is 19.1. The van der Waals surface area contributed by atoms with Gasteiger partial charge in [-0.25, -0.2) is 14.0 Å². The van der Waals surface area contributed by atoms with Crippen LogP contribution in [0.2, 0.25) is 0 Å². The van der Waals surface area contributed by atoms with Crippen LogP contribution in [-0.2, 0) is 0 Å². The van der Waals surface area contributed by atoms with E-state index in [0.717, 1.165) is 23.4 Å². The SMILES string of the molecule is Cc1c(N2CC(C)C(C(C)NC(=O)O)C2)c(F)cn2c(=O)n(N)c(=O)c(C3CC3)c12. The smallest absolute Gasteiger partial charge is 0.404 e. The van der Waals surface area contributed by atoms with Crippen molar-refractivity contribution < 1.29 is 14.3 Å². The summed E-state index contributed by atoms with van der Waals surface area (Å²) in [4.78, 5) is 38.1. The van der Waals surface area contributed by atoms with Crippen LogP contribution in [0, 0.1) is 24.6 Å². The van der Waals surface area contributed by atoms with E-state index in [-0.39, 0.29) is 23.8 Å². The first-order valence-corrected chi connectivity index (χ1v) is 10.1. The molecule has 4 N–H and O–H groups in total. The van der Waals surface area contributed by atoms with Crippen molar-refractivity contribution in [2.75, 3.05) is 23.8 Å². The van der Waals surface area contributed by atoms with E-state index in [2.05, 4.69) is 5.32 Å². The first-order valence-electron chi connectivity index (χ1n) is 10.1. The van der Waals surface area contributed by atoms with Gasteiger partial charge in [-0.2, -0.15) is 4.68 Å². The zero-order valence-electron chi connectivity index (χ0n) is 17.2. The fraction of sp³-hybridized carbons (Fsp3) is 0.550. The zero-order valence-corrected chi connectivity index (χ0v) is 17.2. The molecule has 0 aromatic carbocycles. The van der Waals surface area contributed by atoms with Crippen molar-refractivity contribution in [3.8, 4) is 0 Å². The summed E-state index contributed by atoms with van der Waals surface area (Å²) in [5.74, 6) is 5.24. The van der Waals surface area contributed by atoms with Crippen molar-refractivity contribution in [3.05, 3.63) is 44.0 Å². The van der Waals surface area contributed by atoms with E-state index in [0.29, 0.717) is 40.1 Å². The highest BCUT2D eigenvalue weighted by Crippen LogP contribution is 2.42. The van der Waals surface area contributed by atoms with Crippen molar-refractivity contribution in [1.29, 1.82) is 0 Å². The third-order valence-electron chi connectivity index (χ3n) is 6.50. The maximum absolute atomic E-state index is 15.2. The van der Waals surface area contributed by atoms with Crippen LogP contribution >= 0.6 is 0 Å². The summed E-state index contributed by atoms with van der Waals surface area (Å²) in [7, 11) is 0. The quantitative estimate of drug-likeness (QED) is 0.641. The van der Waals surface area contributed by atoms with Gasteiger partial charge in [-0.15, -0.1) is 0 Å². The molecule has 2 aromatic heterocycles. The fourth-order valence-corrected chi connectivity index (χ4v) is 4.88. The molecule has 0 radical (unpaired) electrons. The Kier molecular flexibility index (Phi) is 4.74. The number of hydrogen-bond acceptors (Lipinski definition) is 5. The summed E-state index contributed by atoms with van der Waals surface area (Å²) in [5.41, 5.74) is 0.453. The number of aromatic nitrogens is 2. The number of carbonyl (C=O) groups is 1. The molecule has 10 heteroatoms. The number of nitrogens with two attached hydrogens (primary N) is 1. The van der Waals surface area contributed by atoms with Crippen LogP contribution in [0.15, 0.2) is 15.8 Å². The van der Waals surface area contributed by atoms with Gasteiger partial charge in [-0.1, -0.05) is 6.92 Å². The Morgan fingerprint density at radius 2 is 2.00 bits per heavy atom. The lowest BCUT2D eigenvalue weighted by atomic mass is 9.91. The van der Waals surface area contributed by atoms with Gasteiger partial charge in [0, 0.05) is 36.2 Å². The number of hydrogen-bond donors (Lipinski definition) is 3. The molecule has 3 heterocycles. The first kappa shape index (κ1) is 20.2. The number of nitrogens with one attached hydrogen (secondary N) is 1. The van der Waals surface area contributed by atoms with Crippen molar-refractivity contribution in [3.63, 3.8) is 0 Å². The van der Waals surface area contributed by atoms with Gasteiger partial charge in [-0.05, 0) is 38.5 Å². The fourth-order valence-electron chi connectivity index (χ4n) is 4.88. The molecule has 1 saturated heterocycles. The lowest BCUT2D eigenvalue weighted by molar-refractivity contribution is 0.184. The molecule has 4 rings (SSSR count). The summed E-state index contributed by atoms with van der Waals surface area (Å²) in [6.07, 6.45) is 1.67. The Morgan fingerprint density at radius 3 is 2.60 bits per heavy atom. The standard InChI is InChI=1S/C20H26FN5O4/c1-9-6-24(7-13(9)11(3)23-19(28)29)16-10(2)17-15(12-4-5-12)18(27)26(22)20(30)25(17)8-14(16)21/h8-9,11-13,23H,4-7,22H2,1-3H3,(H,28,29). The first-order chi connectivity index (χ1) is 14.1. The molecule has 1 aliphatic heterocycles. The van der Waals surface area contributed by atoms with Crippen LogP contribution in [0.4, 0.5) is 14.9 Å². The predicted octanol–water partition coefficient (Wildman–Crippen LogP) is 1.23. The molecule has 2 fully saturated rings. The van der Waals surface area contributed by atoms with Gasteiger partial charge in [-0.3, -0.25) is 9.20 Å². The number of anilines is 1. The average Bonchev–Trinajstić information content (AvgIpc) is 3.42. The van der Waals surface area contributed by atoms with Gasteiger partial charge < -0.3 is 21.2 Å². The van der Waals surface area contributed by atoms with E-state index in [4.69, 9.17) is 10.9 Å². The number of amides is 1. The lowest BCUT2D eigenvalue weighted by Crippen LogP contribution is -2.44. The summed E-state index contributed by atoms with van der Waals surface area (Å²) in [6, 6.07) is -0.291. The van der Waals surface area contributed by atoms with Gasteiger partial charge in [0.05, 0.1) is 17.4 Å². The molecule has 162 valence electrons. The third kappa shape index (κ3) is 3.10. The van der Waals surface area contributed by atoms with E-state index >= 15 is 4.39 Å². The molecule has 1 aliphatic carbocycles. The van der Waals surface area contributed by atoms with E-state index in [9.17, 15) is 14.4 Å². The molecule has 2 aliphatic rings. The van der Waals surface area contributed by atoms with E-state index in [1.165, 1.54) is 0 Å². The van der Waals surface area contributed by atoms with Crippen LogP contribution in [0.5, 0.6) is 0 Å². The highest BCUT2D eigenvalue weighted by molar-refractivity contribution is 5.73. The minimum atomic E-state index is -1.09. The van der Waals surface area contributed by atoms with Crippen LogP contribution in [0.25, 0.3) is 5.52 Å². The zero-order chi connectivity index (χ0) is 21.9. The minimum absolute atomic E-state index is 0.00161. The Balaban J connectivity index is 1.84. The van der Waals surface area contributed by atoms with E-state index in [1.807, 2.05) is 11.8 Å². The summed E-state index contributed by atoms with van der Waals surface area (Å²) < 4.78 is 16.9. The number of nitrogens with zero attached hydrogens (tertiary/aromatic N) is 3. The average molecular weight is 419 g/mol. The molecule has 9 nitrogen and oxygen atoms in total. The highest BCUT2D eigenvalue weighted by Gasteiger charge is 2.37. The second kappa shape index (κ2) is 7.03. The molecule has 3 unspecified atom stereocenters. The van der Waals surface area contributed by atoms with Gasteiger partial charge in [0.1, 0.15) is 0 Å². The number of aryl methyl sites for hydroxylation is 1. The molecular weight excluding hydrogens is 393 g/mol. The number of fused-ring (bicyclic) bond motifs is 1. The number of carboxylic acid groups (broad SMARTS) is 1. The summed E-state index contributed by atoms with van der Waals surface area (Å²) in [6.45, 7) is 6.54. The van der Waals surface area contributed by atoms with Crippen LogP contribution in [-0.4, -0.2) is 39.4 Å². The molecule has 1 saturated carbocycles. The minimum Gasteiger partial charge on any atom is -0.465 e. The molecule has 1 amide bonds. The van der Waals surface area contributed by atoms with Gasteiger partial charge >= 0.3 is 11.8 Å². The summed E-state index contributed by atoms with van der Waals surface area (Å²) >= 11 is 0. The van der Waals surface area contributed by atoms with Crippen molar-refractivity contribution in [1.82, 2.24) is 14.4 Å². The van der Waals surface area contributed by atoms with Gasteiger partial charge in [0.25, 0.3) is 5.56 Å². The number of halogens is 1. The van der Waals surface area contributed by atoms with Crippen LogP contribution < -0.4 is 27.3 Å². The Hall–Kier alpha value is -3.04. The molecule has 30 heavy (non-hydrogen) atoms. The second-order valence-corrected chi connectivity index (χ2v) is 8.60. The molecule has 3 atom stereocenters. The van der Waals surface area contributed by atoms with Crippen molar-refractivity contribution in [2.45, 2.75) is 45.6 Å². The van der Waals surface area contributed by atoms with E-state index < -0.39 is 23.2 Å². The van der Waals surface area contributed by atoms with Crippen LogP contribution in [0.1, 0.15) is 43.7 Å². The maximum Gasteiger partial charge on any atom is 0.404 e. The normalized spacial score (nSPS) is 22.5. The molecule has 2 aromatic rings. The molecular formula is C20H26FN5O4. The number of rotatable bonds is 4. The maximum atomic E-state index is 15.2. The van der Waals surface area contributed by atoms with Crippen molar-refractivity contribution in [2.24, 2.45) is 11.8 Å². The predicted molar refractivity (Wildman–Crippen MR) is 110 cm³/mol. The van der Waals surface area contributed by atoms with Crippen LogP contribution in [0.3, 0.4) is 0 Å². The number of pyridine rings is 1. The lowest BCUT2D eigenvalue weighted by Gasteiger charge is -2.25.